The van der Waals surface area contributed by atoms with E-state index in [0.29, 0.717) is 4.99 Å². The number of anilines is 1. The number of aromatic nitrogens is 1. The standard InChI is InChI=1S/C14H17N3S/c1-2-3-8-16-13-10-6-4-5-7-12(10)17-9-11(13)14(15)18/h4-7,9H,2-3,8H2,1H3,(H2,15,18)(H,16,17). The summed E-state index contributed by atoms with van der Waals surface area (Å²) in [5, 5.41) is 4.50. The topological polar surface area (TPSA) is 50.9 Å². The maximum atomic E-state index is 5.76. The van der Waals surface area contributed by atoms with Gasteiger partial charge in [-0.15, -0.1) is 0 Å². The van der Waals surface area contributed by atoms with Crippen LogP contribution >= 0.6 is 12.2 Å². The largest absolute Gasteiger partial charge is 0.389 e. The van der Waals surface area contributed by atoms with Crippen molar-refractivity contribution in [2.45, 2.75) is 19.8 Å². The zero-order chi connectivity index (χ0) is 13.0. The van der Waals surface area contributed by atoms with Crippen LogP contribution in [0.25, 0.3) is 10.9 Å². The van der Waals surface area contributed by atoms with Crippen LogP contribution in [0.1, 0.15) is 25.3 Å². The number of hydrogen-bond donors (Lipinski definition) is 2. The molecule has 0 saturated heterocycles. The number of rotatable bonds is 5. The number of nitrogens with zero attached hydrogens (tertiary/aromatic N) is 1. The van der Waals surface area contributed by atoms with Gasteiger partial charge in [0, 0.05) is 18.1 Å². The van der Waals surface area contributed by atoms with Gasteiger partial charge < -0.3 is 11.1 Å². The Kier molecular flexibility index (Phi) is 4.10. The fourth-order valence-electron chi connectivity index (χ4n) is 1.91. The SMILES string of the molecule is CCCCNc1c(C(N)=S)cnc2ccccc12. The maximum Gasteiger partial charge on any atom is 0.107 e. The molecule has 0 spiro atoms. The van der Waals surface area contributed by atoms with Crippen molar-refractivity contribution in [2.24, 2.45) is 5.73 Å². The van der Waals surface area contributed by atoms with Crippen LogP contribution in [0, 0.1) is 0 Å². The highest BCUT2D eigenvalue weighted by Gasteiger charge is 2.09. The highest BCUT2D eigenvalue weighted by Crippen LogP contribution is 2.25. The van der Waals surface area contributed by atoms with Crippen LogP contribution in [0.2, 0.25) is 0 Å². The van der Waals surface area contributed by atoms with E-state index in [1.54, 1.807) is 6.20 Å². The van der Waals surface area contributed by atoms with E-state index in [9.17, 15) is 0 Å². The lowest BCUT2D eigenvalue weighted by molar-refractivity contribution is 0.835. The van der Waals surface area contributed by atoms with E-state index in [1.807, 2.05) is 24.3 Å². The van der Waals surface area contributed by atoms with Gasteiger partial charge in [0.2, 0.25) is 0 Å². The van der Waals surface area contributed by atoms with Gasteiger partial charge in [-0.2, -0.15) is 0 Å². The average Bonchev–Trinajstić information content (AvgIpc) is 2.38. The molecule has 3 nitrogen and oxygen atoms in total. The third-order valence-electron chi connectivity index (χ3n) is 2.87. The second-order valence-electron chi connectivity index (χ2n) is 4.21. The molecule has 0 atom stereocenters. The molecule has 1 aromatic carbocycles. The van der Waals surface area contributed by atoms with Gasteiger partial charge in [-0.25, -0.2) is 0 Å². The molecule has 0 radical (unpaired) electrons. The van der Waals surface area contributed by atoms with Crippen LogP contribution in [0.4, 0.5) is 5.69 Å². The highest BCUT2D eigenvalue weighted by molar-refractivity contribution is 7.80. The summed E-state index contributed by atoms with van der Waals surface area (Å²) in [7, 11) is 0. The molecular weight excluding hydrogens is 242 g/mol. The lowest BCUT2D eigenvalue weighted by atomic mass is 10.1. The first-order chi connectivity index (χ1) is 8.74. The second kappa shape index (κ2) is 5.78. The smallest absolute Gasteiger partial charge is 0.107 e. The van der Waals surface area contributed by atoms with Crippen molar-refractivity contribution in [1.29, 1.82) is 0 Å². The van der Waals surface area contributed by atoms with E-state index in [-0.39, 0.29) is 0 Å². The predicted molar refractivity (Wildman–Crippen MR) is 81.0 cm³/mol. The fraction of sp³-hybridized carbons (Fsp3) is 0.286. The Hall–Kier alpha value is -1.68. The van der Waals surface area contributed by atoms with Gasteiger partial charge in [-0.1, -0.05) is 43.8 Å². The van der Waals surface area contributed by atoms with Crippen molar-refractivity contribution in [3.8, 4) is 0 Å². The Morgan fingerprint density at radius 2 is 2.17 bits per heavy atom. The fourth-order valence-corrected chi connectivity index (χ4v) is 2.06. The van der Waals surface area contributed by atoms with Crippen molar-refractivity contribution >= 4 is 33.8 Å². The maximum absolute atomic E-state index is 5.76. The van der Waals surface area contributed by atoms with Crippen molar-refractivity contribution in [2.75, 3.05) is 11.9 Å². The number of benzene rings is 1. The van der Waals surface area contributed by atoms with E-state index in [1.165, 1.54) is 0 Å². The first-order valence-electron chi connectivity index (χ1n) is 6.15. The summed E-state index contributed by atoms with van der Waals surface area (Å²) in [6.07, 6.45) is 4.02. The number of pyridine rings is 1. The van der Waals surface area contributed by atoms with Gasteiger partial charge in [0.05, 0.1) is 16.8 Å². The third-order valence-corrected chi connectivity index (χ3v) is 3.09. The first-order valence-corrected chi connectivity index (χ1v) is 6.56. The average molecular weight is 259 g/mol. The van der Waals surface area contributed by atoms with Crippen LogP contribution in [-0.4, -0.2) is 16.5 Å². The van der Waals surface area contributed by atoms with Gasteiger partial charge in [0.1, 0.15) is 4.99 Å². The molecular formula is C14H17N3S. The quantitative estimate of drug-likeness (QED) is 0.640. The molecule has 18 heavy (non-hydrogen) atoms. The normalized spacial score (nSPS) is 10.5. The number of fused-ring (bicyclic) bond motifs is 1. The predicted octanol–water partition coefficient (Wildman–Crippen LogP) is 3.08. The number of thiocarbonyl (C=S) groups is 1. The van der Waals surface area contributed by atoms with Crippen LogP contribution in [0.3, 0.4) is 0 Å². The minimum Gasteiger partial charge on any atom is -0.389 e. The molecule has 0 unspecified atom stereocenters. The minimum absolute atomic E-state index is 0.382. The van der Waals surface area contributed by atoms with E-state index < -0.39 is 0 Å². The van der Waals surface area contributed by atoms with Gasteiger partial charge in [0.25, 0.3) is 0 Å². The Morgan fingerprint density at radius 3 is 2.89 bits per heavy atom. The lowest BCUT2D eigenvalue weighted by Gasteiger charge is -2.13. The summed E-state index contributed by atoms with van der Waals surface area (Å²) in [5.41, 5.74) is 8.54. The van der Waals surface area contributed by atoms with Crippen LogP contribution in [-0.2, 0) is 0 Å². The van der Waals surface area contributed by atoms with Crippen molar-refractivity contribution in [3.05, 3.63) is 36.0 Å². The zero-order valence-corrected chi connectivity index (χ0v) is 11.3. The zero-order valence-electron chi connectivity index (χ0n) is 10.4. The molecule has 0 bridgehead atoms. The molecule has 1 heterocycles. The third kappa shape index (κ3) is 2.59. The van der Waals surface area contributed by atoms with Crippen LogP contribution in [0.15, 0.2) is 30.5 Å². The van der Waals surface area contributed by atoms with E-state index in [4.69, 9.17) is 18.0 Å². The van der Waals surface area contributed by atoms with E-state index in [0.717, 1.165) is 41.5 Å². The van der Waals surface area contributed by atoms with Crippen molar-refractivity contribution in [3.63, 3.8) is 0 Å². The monoisotopic (exact) mass is 259 g/mol. The minimum atomic E-state index is 0.382. The number of nitrogens with one attached hydrogen (secondary N) is 1. The van der Waals surface area contributed by atoms with E-state index in [2.05, 4.69) is 17.2 Å². The molecule has 94 valence electrons. The Morgan fingerprint density at radius 1 is 1.39 bits per heavy atom. The summed E-state index contributed by atoms with van der Waals surface area (Å²) in [6.45, 7) is 3.08. The molecule has 0 aliphatic heterocycles. The molecule has 2 rings (SSSR count). The summed E-state index contributed by atoms with van der Waals surface area (Å²) in [5.74, 6) is 0. The number of para-hydroxylation sites is 1. The van der Waals surface area contributed by atoms with Gasteiger partial charge in [-0.05, 0) is 12.5 Å². The summed E-state index contributed by atoms with van der Waals surface area (Å²) in [4.78, 5) is 4.77. The Bertz CT molecular complexity index is 566. The number of nitrogens with two attached hydrogens (primary N) is 1. The van der Waals surface area contributed by atoms with Gasteiger partial charge >= 0.3 is 0 Å². The summed E-state index contributed by atoms with van der Waals surface area (Å²) < 4.78 is 0. The molecule has 0 aliphatic rings. The molecule has 0 amide bonds. The molecule has 2 aromatic rings. The van der Waals surface area contributed by atoms with Crippen LogP contribution in [0.5, 0.6) is 0 Å². The van der Waals surface area contributed by atoms with Crippen molar-refractivity contribution < 1.29 is 0 Å². The lowest BCUT2D eigenvalue weighted by Crippen LogP contribution is -2.14. The van der Waals surface area contributed by atoms with Gasteiger partial charge in [0.15, 0.2) is 0 Å². The van der Waals surface area contributed by atoms with Gasteiger partial charge in [-0.3, -0.25) is 4.98 Å². The molecule has 0 fully saturated rings. The number of unbranched alkanes of at least 4 members (excludes halogenated alkanes) is 1. The molecule has 0 saturated carbocycles. The van der Waals surface area contributed by atoms with Crippen LogP contribution < -0.4 is 11.1 Å². The molecule has 1 aromatic heterocycles. The second-order valence-corrected chi connectivity index (χ2v) is 4.65. The summed E-state index contributed by atoms with van der Waals surface area (Å²) >= 11 is 5.09. The highest BCUT2D eigenvalue weighted by atomic mass is 32.1. The molecule has 0 aliphatic carbocycles. The van der Waals surface area contributed by atoms with E-state index >= 15 is 0 Å². The Labute approximate surface area is 112 Å². The molecule has 4 heteroatoms. The first kappa shape index (κ1) is 12.8. The molecule has 3 N–H and O–H groups in total. The van der Waals surface area contributed by atoms with Crippen molar-refractivity contribution in [1.82, 2.24) is 4.98 Å². The number of hydrogen-bond acceptors (Lipinski definition) is 3. The summed E-state index contributed by atoms with van der Waals surface area (Å²) in [6, 6.07) is 8.01. The Balaban J connectivity index is 2.48.